The lowest BCUT2D eigenvalue weighted by molar-refractivity contribution is -0.290. The van der Waals surface area contributed by atoms with Gasteiger partial charge >= 0.3 is 17.9 Å². The average molecular weight is 549 g/mol. The smallest absolute Gasteiger partial charge is 0.348 e. The molecule has 0 aromatic heterocycles. The van der Waals surface area contributed by atoms with E-state index in [1.54, 1.807) is 20.8 Å². The Morgan fingerprint density at radius 1 is 1.18 bits per heavy atom. The lowest BCUT2D eigenvalue weighted by Gasteiger charge is -2.67. The van der Waals surface area contributed by atoms with Crippen molar-refractivity contribution in [3.05, 3.63) is 23.0 Å². The number of carbonyl (C=O) groups is 4. The molecular formula is C28H36O11. The molecule has 4 fully saturated rings. The van der Waals surface area contributed by atoms with Gasteiger partial charge in [-0.3, -0.25) is 4.79 Å². The second-order valence-corrected chi connectivity index (χ2v) is 12.3. The molecule has 2 saturated heterocycles. The fraction of sp³-hybridized carbons (Fsp3) is 0.714. The zero-order valence-electron chi connectivity index (χ0n) is 22.9. The Hall–Kier alpha value is -2.76. The molecule has 0 aromatic rings. The van der Waals surface area contributed by atoms with Crippen molar-refractivity contribution in [1.82, 2.24) is 0 Å². The zero-order valence-corrected chi connectivity index (χ0v) is 22.9. The van der Waals surface area contributed by atoms with E-state index in [2.05, 4.69) is 0 Å². The Bertz CT molecular complexity index is 1200. The second-order valence-electron chi connectivity index (χ2n) is 12.3. The lowest BCUT2D eigenvalue weighted by atomic mass is 9.38. The van der Waals surface area contributed by atoms with E-state index in [9.17, 15) is 34.5 Å². The zero-order chi connectivity index (χ0) is 28.8. The highest BCUT2D eigenvalue weighted by molar-refractivity contribution is 5.95. The summed E-state index contributed by atoms with van der Waals surface area (Å²) in [7, 11) is 1.10. The van der Waals surface area contributed by atoms with Gasteiger partial charge in [0, 0.05) is 23.8 Å². The van der Waals surface area contributed by atoms with Gasteiger partial charge in [-0.25, -0.2) is 14.4 Å². The molecule has 2 heterocycles. The largest absolute Gasteiger partial charge is 0.504 e. The number of fused-ring (bicyclic) bond motifs is 2. The second kappa shape index (κ2) is 8.87. The van der Waals surface area contributed by atoms with Crippen LogP contribution in [0.1, 0.15) is 47.5 Å². The van der Waals surface area contributed by atoms with Crippen molar-refractivity contribution in [3.63, 3.8) is 0 Å². The van der Waals surface area contributed by atoms with Crippen LogP contribution in [0.3, 0.4) is 0 Å². The number of Topliss-reactive ketones (excluding diaryl/α,β-unsaturated/α-hetero) is 1. The first-order chi connectivity index (χ1) is 18.2. The molecule has 2 bridgehead atoms. The molecule has 214 valence electrons. The molecule has 11 heteroatoms. The van der Waals surface area contributed by atoms with Crippen LogP contribution in [-0.2, 0) is 38.1 Å². The minimum atomic E-state index is -2.22. The van der Waals surface area contributed by atoms with Crippen molar-refractivity contribution in [1.29, 1.82) is 0 Å². The van der Waals surface area contributed by atoms with Crippen molar-refractivity contribution in [3.8, 4) is 0 Å². The van der Waals surface area contributed by atoms with E-state index in [-0.39, 0.29) is 31.1 Å². The molecular weight excluding hydrogens is 512 g/mol. The number of ketones is 1. The molecule has 0 aromatic carbocycles. The van der Waals surface area contributed by atoms with Crippen LogP contribution in [0.2, 0.25) is 0 Å². The Morgan fingerprint density at radius 3 is 2.46 bits per heavy atom. The molecule has 0 amide bonds. The Labute approximate surface area is 226 Å². The van der Waals surface area contributed by atoms with Crippen molar-refractivity contribution in [2.75, 3.05) is 13.7 Å². The van der Waals surface area contributed by atoms with Crippen LogP contribution in [-0.4, -0.2) is 82.7 Å². The molecule has 0 unspecified atom stereocenters. The molecule has 5 aliphatic rings. The Morgan fingerprint density at radius 2 is 1.85 bits per heavy atom. The summed E-state index contributed by atoms with van der Waals surface area (Å²) in [5.74, 6) is -6.26. The van der Waals surface area contributed by atoms with Gasteiger partial charge in [-0.15, -0.1) is 0 Å². The van der Waals surface area contributed by atoms with E-state index in [0.29, 0.717) is 11.1 Å². The number of esters is 3. The third-order valence-electron chi connectivity index (χ3n) is 10.3. The van der Waals surface area contributed by atoms with Crippen LogP contribution in [0.5, 0.6) is 0 Å². The molecule has 1 spiro atoms. The molecule has 39 heavy (non-hydrogen) atoms. The van der Waals surface area contributed by atoms with Crippen molar-refractivity contribution in [2.45, 2.75) is 77.5 Å². The predicted molar refractivity (Wildman–Crippen MR) is 132 cm³/mol. The van der Waals surface area contributed by atoms with Gasteiger partial charge in [0.1, 0.15) is 12.2 Å². The highest BCUT2D eigenvalue weighted by atomic mass is 16.6. The number of allylic oxidation sites excluding steroid dienone is 3. The van der Waals surface area contributed by atoms with E-state index in [4.69, 9.17) is 18.9 Å². The van der Waals surface area contributed by atoms with E-state index in [0.717, 1.165) is 7.11 Å². The summed E-state index contributed by atoms with van der Waals surface area (Å²) >= 11 is 0. The number of ether oxygens (including phenoxy) is 4. The maximum Gasteiger partial charge on any atom is 0.348 e. The van der Waals surface area contributed by atoms with Crippen LogP contribution >= 0.6 is 0 Å². The van der Waals surface area contributed by atoms with Gasteiger partial charge in [0.15, 0.2) is 11.5 Å². The molecule has 5 rings (SSSR count). The average Bonchev–Trinajstić information content (AvgIpc) is 3.18. The van der Waals surface area contributed by atoms with Crippen LogP contribution in [0.4, 0.5) is 0 Å². The van der Waals surface area contributed by atoms with Crippen LogP contribution in [0.25, 0.3) is 0 Å². The number of aliphatic hydroxyl groups excluding tert-OH is 3. The summed E-state index contributed by atoms with van der Waals surface area (Å²) in [6.45, 7) is 8.72. The van der Waals surface area contributed by atoms with E-state index < -0.39 is 82.3 Å². The first kappa shape index (κ1) is 27.8. The van der Waals surface area contributed by atoms with Gasteiger partial charge in [-0.1, -0.05) is 26.3 Å². The first-order valence-electron chi connectivity index (χ1n) is 13.3. The summed E-state index contributed by atoms with van der Waals surface area (Å²) in [5, 5.41) is 33.7. The third-order valence-corrected chi connectivity index (χ3v) is 10.3. The highest BCUT2D eigenvalue weighted by Gasteiger charge is 2.85. The van der Waals surface area contributed by atoms with Gasteiger partial charge in [0.2, 0.25) is 11.7 Å². The minimum absolute atomic E-state index is 0.0302. The normalized spacial score (nSPS) is 44.9. The predicted octanol–water partition coefficient (Wildman–Crippen LogP) is 1.15. The topological polar surface area (TPSA) is 166 Å². The molecule has 10 atom stereocenters. The summed E-state index contributed by atoms with van der Waals surface area (Å²) < 4.78 is 22.7. The number of methoxy groups -OCH3 is 1. The number of hydrogen-bond donors (Lipinski definition) is 3. The van der Waals surface area contributed by atoms with Gasteiger partial charge in [-0.05, 0) is 43.1 Å². The van der Waals surface area contributed by atoms with Crippen LogP contribution < -0.4 is 0 Å². The molecule has 2 aliphatic heterocycles. The monoisotopic (exact) mass is 548 g/mol. The lowest BCUT2D eigenvalue weighted by Crippen LogP contribution is -2.79. The molecule has 3 aliphatic carbocycles. The van der Waals surface area contributed by atoms with Crippen LogP contribution in [0.15, 0.2) is 23.0 Å². The Balaban J connectivity index is 1.71. The maximum absolute atomic E-state index is 13.5. The number of rotatable bonds is 4. The summed E-state index contributed by atoms with van der Waals surface area (Å²) in [5.41, 5.74) is -3.43. The van der Waals surface area contributed by atoms with Crippen LogP contribution in [0, 0.1) is 34.5 Å². The van der Waals surface area contributed by atoms with E-state index >= 15 is 0 Å². The van der Waals surface area contributed by atoms with Crippen molar-refractivity contribution in [2.24, 2.45) is 34.5 Å². The fourth-order valence-electron chi connectivity index (χ4n) is 8.37. The van der Waals surface area contributed by atoms with Gasteiger partial charge < -0.3 is 34.3 Å². The number of carbonyl (C=O) groups excluding carboxylic acids is 4. The summed E-state index contributed by atoms with van der Waals surface area (Å²) in [6.07, 6.45) is -4.75. The molecule has 11 nitrogen and oxygen atoms in total. The highest BCUT2D eigenvalue weighted by Crippen LogP contribution is 2.72. The number of hydrogen-bond acceptors (Lipinski definition) is 11. The molecule has 3 N–H and O–H groups in total. The fourth-order valence-corrected chi connectivity index (χ4v) is 8.37. The quantitative estimate of drug-likeness (QED) is 0.262. The van der Waals surface area contributed by atoms with Crippen molar-refractivity contribution < 1.29 is 53.4 Å². The third kappa shape index (κ3) is 3.39. The molecule has 0 radical (unpaired) electrons. The number of aliphatic hydroxyl groups is 3. The van der Waals surface area contributed by atoms with Gasteiger partial charge in [0.05, 0.1) is 25.7 Å². The SMILES string of the molecule is COC(=O)[C@@]12OC[C@@]34[C@H](C[C@@H]5C(C)=C(O)C(=O)C[C@]5(C)[C@@H]3[C@@H](O)[C@H]1O)OC(=O)[C@H](OC(=O)/C=C(\C)C(C)C)[C@@H]24. The summed E-state index contributed by atoms with van der Waals surface area (Å²) in [4.78, 5) is 52.8. The van der Waals surface area contributed by atoms with Crippen molar-refractivity contribution >= 4 is 23.7 Å². The van der Waals surface area contributed by atoms with E-state index in [1.807, 2.05) is 13.8 Å². The molecule has 2 saturated carbocycles. The summed E-state index contributed by atoms with van der Waals surface area (Å²) in [6, 6.07) is 0. The minimum Gasteiger partial charge on any atom is -0.504 e. The van der Waals surface area contributed by atoms with Gasteiger partial charge in [0.25, 0.3) is 0 Å². The van der Waals surface area contributed by atoms with Gasteiger partial charge in [-0.2, -0.15) is 0 Å². The first-order valence-corrected chi connectivity index (χ1v) is 13.3. The standard InChI is InChI=1S/C28H36O11/c1-11(2)12(3)7-17(30)39-20-22-27-10-37-28(22,25(35)36-6)23(33)19(32)21(27)26(5)9-15(29)18(31)13(4)14(26)8-16(27)38-24(20)34/h7,11,14,16,19-23,31-33H,8-10H2,1-6H3/b12-7+/t14-,16+,19-,20-,21+,22-,23-,26+,27-,28+/m1/s1. The Kier molecular flexibility index (Phi) is 6.32. The maximum atomic E-state index is 13.5. The van der Waals surface area contributed by atoms with E-state index in [1.165, 1.54) is 6.08 Å².